The summed E-state index contributed by atoms with van der Waals surface area (Å²) in [6.07, 6.45) is 0.903. The Morgan fingerprint density at radius 3 is 2.88 bits per heavy atom. The van der Waals surface area contributed by atoms with Crippen LogP contribution in [0.15, 0.2) is 24.3 Å². The van der Waals surface area contributed by atoms with Crippen molar-refractivity contribution in [2.45, 2.75) is 19.8 Å². The van der Waals surface area contributed by atoms with Crippen LogP contribution in [0.4, 0.5) is 0 Å². The summed E-state index contributed by atoms with van der Waals surface area (Å²) in [5.74, 6) is -0.305. The van der Waals surface area contributed by atoms with Gasteiger partial charge in [-0.3, -0.25) is 9.78 Å². The summed E-state index contributed by atoms with van der Waals surface area (Å²) in [7, 11) is 0. The number of nitrogens with zero attached hydrogens (tertiary/aromatic N) is 1. The van der Waals surface area contributed by atoms with E-state index in [4.69, 9.17) is 17.3 Å². The first kappa shape index (κ1) is 11.9. The maximum absolute atomic E-state index is 10.7. The average Bonchev–Trinajstić information content (AvgIpc) is 2.27. The van der Waals surface area contributed by atoms with E-state index < -0.39 is 0 Å². The van der Waals surface area contributed by atoms with E-state index in [-0.39, 0.29) is 5.91 Å². The van der Waals surface area contributed by atoms with Gasteiger partial charge in [-0.2, -0.15) is 0 Å². The number of fused-ring (bicyclic) bond motifs is 1. The highest BCUT2D eigenvalue weighted by Crippen LogP contribution is 2.22. The van der Waals surface area contributed by atoms with E-state index in [9.17, 15) is 4.79 Å². The monoisotopic (exact) mass is 248 g/mol. The van der Waals surface area contributed by atoms with Crippen LogP contribution in [0.5, 0.6) is 0 Å². The predicted molar refractivity (Wildman–Crippen MR) is 69.0 cm³/mol. The molecule has 0 spiro atoms. The number of aromatic nitrogens is 1. The molecule has 0 aliphatic heterocycles. The van der Waals surface area contributed by atoms with Crippen molar-refractivity contribution >= 4 is 28.4 Å². The minimum atomic E-state index is -0.305. The zero-order chi connectivity index (χ0) is 12.4. The van der Waals surface area contributed by atoms with E-state index in [2.05, 4.69) is 4.98 Å². The second-order valence-electron chi connectivity index (χ2n) is 4.06. The number of carbonyl (C=O) groups excluding carboxylic acids is 1. The summed E-state index contributed by atoms with van der Waals surface area (Å²) in [5.41, 5.74) is 8.02. The van der Waals surface area contributed by atoms with Crippen molar-refractivity contribution in [1.82, 2.24) is 4.98 Å². The smallest absolute Gasteiger partial charge is 0.217 e. The molecule has 88 valence electrons. The molecule has 1 amide bonds. The Hall–Kier alpha value is -1.61. The maximum atomic E-state index is 10.7. The van der Waals surface area contributed by atoms with Crippen LogP contribution in [0, 0.1) is 6.92 Å². The molecule has 2 N–H and O–H groups in total. The lowest BCUT2D eigenvalue weighted by atomic mass is 10.1. The van der Waals surface area contributed by atoms with Crippen LogP contribution < -0.4 is 5.73 Å². The van der Waals surface area contributed by atoms with Crippen molar-refractivity contribution in [3.05, 3.63) is 40.5 Å². The molecule has 2 rings (SSSR count). The Morgan fingerprint density at radius 2 is 2.18 bits per heavy atom. The summed E-state index contributed by atoms with van der Waals surface area (Å²) < 4.78 is 0. The number of halogens is 1. The number of rotatable bonds is 3. The van der Waals surface area contributed by atoms with Crippen LogP contribution in [0.1, 0.15) is 17.7 Å². The Balaban J connectivity index is 2.41. The number of hydrogen-bond donors (Lipinski definition) is 1. The highest BCUT2D eigenvalue weighted by atomic mass is 35.5. The molecular weight excluding hydrogens is 236 g/mol. The molecule has 0 fully saturated rings. The van der Waals surface area contributed by atoms with E-state index in [0.717, 1.165) is 22.2 Å². The van der Waals surface area contributed by atoms with Gasteiger partial charge in [-0.05, 0) is 43.2 Å². The van der Waals surface area contributed by atoms with Gasteiger partial charge >= 0.3 is 0 Å². The summed E-state index contributed by atoms with van der Waals surface area (Å²) in [6.45, 7) is 2.01. The first-order valence-electron chi connectivity index (χ1n) is 5.40. The van der Waals surface area contributed by atoms with Crippen LogP contribution in [-0.4, -0.2) is 10.9 Å². The Labute approximate surface area is 105 Å². The molecule has 1 heterocycles. The molecule has 0 atom stereocenters. The van der Waals surface area contributed by atoms with E-state index in [1.54, 1.807) is 0 Å². The fraction of sp³-hybridized carbons (Fsp3) is 0.231. The topological polar surface area (TPSA) is 56.0 Å². The van der Waals surface area contributed by atoms with Crippen LogP contribution in [-0.2, 0) is 11.2 Å². The summed E-state index contributed by atoms with van der Waals surface area (Å²) >= 11 is 5.94. The maximum Gasteiger partial charge on any atom is 0.217 e. The molecule has 0 aliphatic rings. The summed E-state index contributed by atoms with van der Waals surface area (Å²) in [6, 6.07) is 7.57. The van der Waals surface area contributed by atoms with Crippen molar-refractivity contribution in [1.29, 1.82) is 0 Å². The van der Waals surface area contributed by atoms with Crippen molar-refractivity contribution in [3.8, 4) is 0 Å². The SMILES string of the molecule is Cc1cc(CCC(N)=O)nc2ccc(Cl)cc12. The van der Waals surface area contributed by atoms with Gasteiger partial charge in [0.15, 0.2) is 0 Å². The van der Waals surface area contributed by atoms with Gasteiger partial charge in [-0.25, -0.2) is 0 Å². The Morgan fingerprint density at radius 1 is 1.41 bits per heavy atom. The quantitative estimate of drug-likeness (QED) is 0.908. The van der Waals surface area contributed by atoms with Gasteiger partial charge in [0.05, 0.1) is 5.52 Å². The lowest BCUT2D eigenvalue weighted by molar-refractivity contribution is -0.118. The van der Waals surface area contributed by atoms with Crippen molar-refractivity contribution in [2.75, 3.05) is 0 Å². The molecule has 2 aromatic rings. The van der Waals surface area contributed by atoms with Crippen molar-refractivity contribution in [3.63, 3.8) is 0 Å². The average molecular weight is 249 g/mol. The lowest BCUT2D eigenvalue weighted by Crippen LogP contribution is -2.11. The van der Waals surface area contributed by atoms with Gasteiger partial charge in [0.2, 0.25) is 5.91 Å². The van der Waals surface area contributed by atoms with E-state index in [0.29, 0.717) is 17.9 Å². The summed E-state index contributed by atoms with van der Waals surface area (Å²) in [5, 5.41) is 1.74. The zero-order valence-electron chi connectivity index (χ0n) is 9.53. The van der Waals surface area contributed by atoms with E-state index in [1.807, 2.05) is 31.2 Å². The number of aryl methyl sites for hydroxylation is 2. The highest BCUT2D eigenvalue weighted by molar-refractivity contribution is 6.31. The largest absolute Gasteiger partial charge is 0.370 e. The van der Waals surface area contributed by atoms with Crippen LogP contribution in [0.3, 0.4) is 0 Å². The number of carbonyl (C=O) groups is 1. The molecule has 3 nitrogen and oxygen atoms in total. The van der Waals surface area contributed by atoms with Gasteiger partial charge in [-0.15, -0.1) is 0 Å². The van der Waals surface area contributed by atoms with Gasteiger partial charge in [0.25, 0.3) is 0 Å². The third-order valence-electron chi connectivity index (χ3n) is 2.66. The number of primary amides is 1. The molecule has 0 saturated carbocycles. The standard InChI is InChI=1S/C13H13ClN2O/c1-8-6-10(3-5-13(15)17)16-12-4-2-9(14)7-11(8)12/h2,4,6-7H,3,5H2,1H3,(H2,15,17). The Bertz CT molecular complexity index is 581. The second kappa shape index (κ2) is 4.72. The first-order valence-corrected chi connectivity index (χ1v) is 5.78. The molecule has 1 aromatic heterocycles. The molecule has 0 unspecified atom stereocenters. The first-order chi connectivity index (χ1) is 8.06. The van der Waals surface area contributed by atoms with Crippen molar-refractivity contribution < 1.29 is 4.79 Å². The van der Waals surface area contributed by atoms with Gasteiger partial charge < -0.3 is 5.73 Å². The fourth-order valence-corrected chi connectivity index (χ4v) is 1.99. The van der Waals surface area contributed by atoms with Crippen LogP contribution in [0.25, 0.3) is 10.9 Å². The van der Waals surface area contributed by atoms with Gasteiger partial charge in [0.1, 0.15) is 0 Å². The molecule has 0 saturated heterocycles. The zero-order valence-corrected chi connectivity index (χ0v) is 10.3. The number of nitrogens with two attached hydrogens (primary N) is 1. The minimum Gasteiger partial charge on any atom is -0.370 e. The Kier molecular flexibility index (Phi) is 3.29. The molecule has 0 bridgehead atoms. The lowest BCUT2D eigenvalue weighted by Gasteiger charge is -2.06. The fourth-order valence-electron chi connectivity index (χ4n) is 1.82. The number of pyridine rings is 1. The van der Waals surface area contributed by atoms with Crippen LogP contribution in [0.2, 0.25) is 5.02 Å². The van der Waals surface area contributed by atoms with E-state index in [1.165, 1.54) is 0 Å². The number of hydrogen-bond acceptors (Lipinski definition) is 2. The normalized spacial score (nSPS) is 10.7. The van der Waals surface area contributed by atoms with Crippen molar-refractivity contribution in [2.24, 2.45) is 5.73 Å². The molecule has 17 heavy (non-hydrogen) atoms. The van der Waals surface area contributed by atoms with Gasteiger partial charge in [-0.1, -0.05) is 11.6 Å². The predicted octanol–water partition coefficient (Wildman–Crippen LogP) is 2.61. The summed E-state index contributed by atoms with van der Waals surface area (Å²) in [4.78, 5) is 15.2. The number of amides is 1. The minimum absolute atomic E-state index is 0.305. The molecule has 4 heteroatoms. The molecule has 1 aromatic carbocycles. The highest BCUT2D eigenvalue weighted by Gasteiger charge is 2.05. The third-order valence-corrected chi connectivity index (χ3v) is 2.89. The molecular formula is C13H13ClN2O. The molecule has 0 radical (unpaired) electrons. The van der Waals surface area contributed by atoms with Crippen LogP contribution >= 0.6 is 11.6 Å². The molecule has 0 aliphatic carbocycles. The van der Waals surface area contributed by atoms with E-state index >= 15 is 0 Å². The third kappa shape index (κ3) is 2.74. The van der Waals surface area contributed by atoms with Gasteiger partial charge in [0, 0.05) is 22.5 Å². The number of benzene rings is 1. The second-order valence-corrected chi connectivity index (χ2v) is 4.49.